The highest BCUT2D eigenvalue weighted by molar-refractivity contribution is 14.1. The Morgan fingerprint density at radius 2 is 0.888 bits per heavy atom. The van der Waals surface area contributed by atoms with E-state index in [1.165, 1.54) is 26.9 Å². The highest BCUT2D eigenvalue weighted by atomic mass is 127. The molecule has 134 heavy (non-hydrogen) atoms. The van der Waals surface area contributed by atoms with E-state index in [9.17, 15) is 24.3 Å². The van der Waals surface area contributed by atoms with E-state index in [1.54, 1.807) is 49.0 Å². The van der Waals surface area contributed by atoms with Crippen LogP contribution in [0.4, 0.5) is 0 Å². The molecule has 0 aliphatic carbocycles. The van der Waals surface area contributed by atoms with Gasteiger partial charge in [-0.05, 0) is 314 Å². The Labute approximate surface area is 822 Å². The summed E-state index contributed by atoms with van der Waals surface area (Å²) in [6.07, 6.45) is 10.8. The monoisotopic (exact) mass is 2170 g/mol. The largest absolute Gasteiger partial charge is 0.497 e. The van der Waals surface area contributed by atoms with Crippen LogP contribution >= 0.6 is 67.8 Å². The van der Waals surface area contributed by atoms with Crippen molar-refractivity contribution in [2.45, 2.75) is 242 Å². The van der Waals surface area contributed by atoms with E-state index in [1.807, 2.05) is 205 Å². The number of halogens is 3. The molecule has 31 nitrogen and oxygen atoms in total. The lowest BCUT2D eigenvalue weighted by atomic mass is 9.78. The Morgan fingerprint density at radius 1 is 0.485 bits per heavy atom. The molecule has 13 aromatic rings. The lowest BCUT2D eigenvalue weighted by Crippen LogP contribution is -2.41. The molecule has 3 aliphatic heterocycles. The number of aliphatic carboxylic acids is 1. The number of hydrogen-bond donors (Lipinski definition) is 2. The first-order valence-electron chi connectivity index (χ1n) is 44.1. The number of nitrogens with zero attached hydrogens (tertiary/aromatic N) is 13. The highest BCUT2D eigenvalue weighted by Crippen LogP contribution is 2.44. The van der Waals surface area contributed by atoms with Crippen LogP contribution in [0.5, 0.6) is 17.2 Å². The summed E-state index contributed by atoms with van der Waals surface area (Å²) >= 11 is 6.65. The minimum atomic E-state index is -1.19. The highest BCUT2D eigenvalue weighted by Gasteiger charge is 2.52. The van der Waals surface area contributed by atoms with Crippen molar-refractivity contribution in [3.05, 3.63) is 218 Å². The van der Waals surface area contributed by atoms with Gasteiger partial charge in [0, 0.05) is 79.1 Å². The van der Waals surface area contributed by atoms with Gasteiger partial charge in [0.25, 0.3) is 0 Å². The summed E-state index contributed by atoms with van der Waals surface area (Å²) < 4.78 is 76.0. The van der Waals surface area contributed by atoms with Gasteiger partial charge in [0.15, 0.2) is 47.0 Å². The first-order chi connectivity index (χ1) is 63.2. The number of carboxylic acid groups (broad SMARTS) is 1. The molecule has 1 saturated heterocycles. The number of pyridine rings is 6. The number of ether oxygens (including phenoxy) is 10. The third kappa shape index (κ3) is 24.8. The second-order valence-electron chi connectivity index (χ2n) is 37.5. The van der Waals surface area contributed by atoms with Crippen molar-refractivity contribution < 1.29 is 81.0 Å². The van der Waals surface area contributed by atoms with Crippen LogP contribution in [0.3, 0.4) is 0 Å². The molecule has 0 amide bonds. The van der Waals surface area contributed by atoms with Crippen molar-refractivity contribution in [1.29, 1.82) is 0 Å². The van der Waals surface area contributed by atoms with Crippen LogP contribution in [-0.2, 0) is 94.1 Å². The molecule has 35 heteroatoms. The second-order valence-corrected chi connectivity index (χ2v) is 40.8. The van der Waals surface area contributed by atoms with Gasteiger partial charge in [-0.25, -0.2) is 53.2 Å². The Kier molecular flexibility index (Phi) is 32.9. The number of aromatic nitrogens is 14. The Bertz CT molecular complexity index is 6360. The summed E-state index contributed by atoms with van der Waals surface area (Å²) in [6.45, 7) is 41.5. The molecule has 16 rings (SSSR count). The molecule has 10 aromatic heterocycles. The van der Waals surface area contributed by atoms with E-state index in [2.05, 4.69) is 148 Å². The number of nitrogens with one attached hydrogen (secondary N) is 1. The average Bonchev–Trinajstić information content (AvgIpc) is 1.53. The third-order valence-corrected chi connectivity index (χ3v) is 25.8. The fourth-order valence-corrected chi connectivity index (χ4v) is 18.6. The number of rotatable bonds is 21. The van der Waals surface area contributed by atoms with Crippen molar-refractivity contribution >= 4 is 148 Å². The lowest BCUT2D eigenvalue weighted by molar-refractivity contribution is -0.164. The standard InChI is InChI=1S/C28H30N4O4.C22H26IN3O4.C20H23IN4O3.C15H21BO3.C14H18IN3O3/c1-17-23(25(27(33)34)36-28(2,3)4)24(19-10-11-22-18(14-19)8-7-13-35-22)21-15-30-32(26(21)31-17)16-20-9-5-6-12-29-20;1-13-17(19(21(27)29-6)30-22(2,3)4)18(23)16-11-24-26(20(16)25-13)12-14-7-9-15(28-5)10-8-14;1-12-15(17(19(26)27-5)28-20(2,3)4)16(21)14-10-23-25(18(14)24-12)11-13-8-6-7-9-22-13;1-14(2)15(3,4)19-16(18-14)12-7-8-13-11(10-12)6-5-9-17-13;1-7-9(10(15)8-6-16-18-12(8)17-7)11(13(19)20-5)21-14(2,3)4/h5-6,9-12,14-15,25H,7-8,13,16H2,1-4H3,(H,33,34);7-11,19H,12H2,1-6H3;6-10,17H,11H2,1-5H3;7-8,10H,5-6,9H2,1-4H3;6,11H,1-5H3,(H,16,17,18)/t25-;19-;17-;;11-/m000.0/s1. The predicted octanol–water partition coefficient (Wildman–Crippen LogP) is 18.6. The molecule has 3 aromatic carbocycles. The smallest absolute Gasteiger partial charge is 0.494 e. The summed E-state index contributed by atoms with van der Waals surface area (Å²) in [5.41, 5.74) is 13.5. The number of carbonyl (C=O) groups is 4. The SMILES string of the molecule is CC1(C)OB(c2ccc3c(c2)CCCO3)OC1(C)C.COC(=O)[C@@H](OC(C)(C)C)c1c(C)nc2[nH]ncc2c1I.COC(=O)[C@@H](OC(C)(C)C)c1c(C)nc2c(cnn2Cc2ccc(OC)cc2)c1I.COC(=O)[C@@H](OC(C)(C)C)c1c(C)nc2c(cnn2Cc2ccccn2)c1I.Cc1nc2c(cnn2Cc2ccccn2)c(-c2ccc3c(c2)CCCO3)c1[C@H](OC(C)(C)C)C(=O)O. The van der Waals surface area contributed by atoms with Gasteiger partial charge in [-0.15, -0.1) is 0 Å². The number of fused-ring (bicyclic) bond motifs is 6. The zero-order valence-electron chi connectivity index (χ0n) is 80.4. The minimum Gasteiger partial charge on any atom is -0.497 e. The maximum absolute atomic E-state index is 12.5. The number of hydrogen-bond acceptors (Lipinski definition) is 26. The molecule has 3 aliphatic rings. The minimum absolute atomic E-state index is 0.280. The Morgan fingerprint density at radius 3 is 1.31 bits per heavy atom. The van der Waals surface area contributed by atoms with E-state index in [4.69, 9.17) is 71.6 Å². The van der Waals surface area contributed by atoms with E-state index in [-0.39, 0.29) is 18.3 Å². The quantitative estimate of drug-likeness (QED) is 0.0292. The molecule has 13 heterocycles. The molecular weight excluding hydrogens is 2050 g/mol. The molecule has 0 radical (unpaired) electrons. The molecule has 4 atom stereocenters. The lowest BCUT2D eigenvalue weighted by Gasteiger charge is -2.32. The number of methoxy groups -OCH3 is 4. The third-order valence-electron chi connectivity index (χ3n) is 22.3. The summed E-state index contributed by atoms with van der Waals surface area (Å²) in [5, 5.41) is 34.1. The van der Waals surface area contributed by atoms with Crippen molar-refractivity contribution in [2.75, 3.05) is 41.7 Å². The van der Waals surface area contributed by atoms with Crippen LogP contribution in [0, 0.1) is 38.4 Å². The summed E-state index contributed by atoms with van der Waals surface area (Å²) in [5.74, 6) is 0.306. The number of aromatic amines is 1. The van der Waals surface area contributed by atoms with Crippen molar-refractivity contribution in [2.24, 2.45) is 0 Å². The van der Waals surface area contributed by atoms with E-state index < -0.39 is 70.7 Å². The zero-order chi connectivity index (χ0) is 97.4. The van der Waals surface area contributed by atoms with Crippen LogP contribution in [0.2, 0.25) is 0 Å². The van der Waals surface area contributed by atoms with Gasteiger partial charge >= 0.3 is 31.0 Å². The van der Waals surface area contributed by atoms with Crippen LogP contribution in [0.15, 0.2) is 134 Å². The van der Waals surface area contributed by atoms with Crippen LogP contribution in [-0.4, -0.2) is 181 Å². The zero-order valence-corrected chi connectivity index (χ0v) is 86.9. The normalized spacial score (nSPS) is 14.9. The number of H-pyrrole nitrogens is 1. The van der Waals surface area contributed by atoms with Gasteiger partial charge in [-0.3, -0.25) is 15.1 Å². The molecule has 0 unspecified atom stereocenters. The number of benzene rings is 3. The van der Waals surface area contributed by atoms with Gasteiger partial charge in [-0.2, -0.15) is 20.4 Å². The van der Waals surface area contributed by atoms with Gasteiger partial charge in [0.05, 0.1) is 147 Å². The summed E-state index contributed by atoms with van der Waals surface area (Å²) in [4.78, 5) is 77.3. The van der Waals surface area contributed by atoms with Crippen LogP contribution in [0.25, 0.3) is 55.3 Å². The summed E-state index contributed by atoms with van der Waals surface area (Å²) in [6, 6.07) is 31.7. The number of aryl methyl sites for hydroxylation is 6. The molecule has 0 bridgehead atoms. The number of esters is 3. The number of carboxylic acids is 1. The first kappa shape index (κ1) is 103. The fourth-order valence-electron chi connectivity index (χ4n) is 15.4. The van der Waals surface area contributed by atoms with Crippen molar-refractivity contribution in [3.8, 4) is 28.4 Å². The summed E-state index contributed by atoms with van der Waals surface area (Å²) in [7, 11) is 5.45. The van der Waals surface area contributed by atoms with E-state index >= 15 is 0 Å². The van der Waals surface area contributed by atoms with Crippen LogP contribution < -0.4 is 19.7 Å². The molecule has 0 saturated carbocycles. The van der Waals surface area contributed by atoms with Crippen LogP contribution in [0.1, 0.15) is 221 Å². The van der Waals surface area contributed by atoms with Crippen molar-refractivity contribution in [1.82, 2.24) is 69.4 Å². The second kappa shape index (κ2) is 43.0. The first-order valence-corrected chi connectivity index (χ1v) is 47.3. The molecule has 2 N–H and O–H groups in total. The number of carbonyl (C=O) groups excluding carboxylic acids is 3. The molecular formula is C99H118BI3N14O17. The topological polar surface area (TPSA) is 359 Å². The van der Waals surface area contributed by atoms with Gasteiger partial charge in [0.1, 0.15) is 17.2 Å². The van der Waals surface area contributed by atoms with Crippen molar-refractivity contribution in [3.63, 3.8) is 0 Å². The molecule has 1 fully saturated rings. The fraction of sp³-hybridized carbons (Fsp3) is 0.434. The van der Waals surface area contributed by atoms with E-state index in [0.717, 1.165) is 143 Å². The Balaban J connectivity index is 0.000000153. The van der Waals surface area contributed by atoms with Gasteiger partial charge in [-0.1, -0.05) is 42.5 Å². The Hall–Kier alpha value is -10.3. The van der Waals surface area contributed by atoms with Gasteiger partial charge in [0.2, 0.25) is 0 Å². The molecule has 710 valence electrons. The predicted molar refractivity (Wildman–Crippen MR) is 536 cm³/mol. The molecule has 0 spiro atoms. The maximum Gasteiger partial charge on any atom is 0.494 e. The van der Waals surface area contributed by atoms with Gasteiger partial charge < -0.3 is 61.8 Å². The average molecular weight is 2170 g/mol. The maximum atomic E-state index is 12.5. The van der Waals surface area contributed by atoms with E-state index in [0.29, 0.717) is 71.3 Å².